The molecule has 5 nitrogen and oxygen atoms in total. The number of carbonyl (C=O) groups is 1. The molecule has 0 saturated heterocycles. The van der Waals surface area contributed by atoms with Crippen LogP contribution in [-0.2, 0) is 7.05 Å². The van der Waals surface area contributed by atoms with E-state index < -0.39 is 6.04 Å². The summed E-state index contributed by atoms with van der Waals surface area (Å²) in [5.74, 6) is 0.631. The number of imidazole rings is 1. The van der Waals surface area contributed by atoms with Crippen LogP contribution in [0.4, 0.5) is 0 Å². The van der Waals surface area contributed by atoms with Gasteiger partial charge in [0.15, 0.2) is 0 Å². The molecule has 0 radical (unpaired) electrons. The summed E-state index contributed by atoms with van der Waals surface area (Å²) in [5, 5.41) is 13.0. The number of aromatic nitrogens is 2. The van der Waals surface area contributed by atoms with Crippen LogP contribution in [-0.4, -0.2) is 27.2 Å². The first-order chi connectivity index (χ1) is 11.5. The van der Waals surface area contributed by atoms with E-state index in [1.807, 2.05) is 24.6 Å². The molecular weight excluding hydrogens is 326 g/mol. The van der Waals surface area contributed by atoms with Gasteiger partial charge in [0, 0.05) is 17.6 Å². The number of nitrogens with zero attached hydrogens (tertiary/aromatic N) is 2. The van der Waals surface area contributed by atoms with Gasteiger partial charge in [-0.1, -0.05) is 23.7 Å². The maximum Gasteiger partial charge on any atom is 0.251 e. The van der Waals surface area contributed by atoms with Crippen molar-refractivity contribution in [3.05, 3.63) is 64.4 Å². The molecule has 124 valence electrons. The SMILES string of the molecule is Cc1nc2cc(C(=O)NC(CO)c3ccc(Cl)cc3)ccc2n1C. The van der Waals surface area contributed by atoms with Crippen molar-refractivity contribution in [2.75, 3.05) is 6.61 Å². The molecule has 0 fully saturated rings. The molecule has 1 unspecified atom stereocenters. The lowest BCUT2D eigenvalue weighted by atomic mass is 10.1. The number of fused-ring (bicyclic) bond motifs is 1. The molecule has 24 heavy (non-hydrogen) atoms. The molecule has 3 aromatic rings. The number of carbonyl (C=O) groups excluding carboxylic acids is 1. The van der Waals surface area contributed by atoms with Gasteiger partial charge in [0.25, 0.3) is 5.91 Å². The highest BCUT2D eigenvalue weighted by atomic mass is 35.5. The molecule has 3 rings (SSSR count). The Morgan fingerprint density at radius 1 is 1.29 bits per heavy atom. The monoisotopic (exact) mass is 343 g/mol. The molecule has 0 saturated carbocycles. The maximum atomic E-state index is 12.5. The standard InChI is InChI=1S/C18H18ClN3O2/c1-11-20-15-9-13(5-8-17(15)22(11)2)18(24)21-16(10-23)12-3-6-14(19)7-4-12/h3-9,16,23H,10H2,1-2H3,(H,21,24). The molecule has 1 atom stereocenters. The van der Waals surface area contributed by atoms with E-state index in [-0.39, 0.29) is 12.5 Å². The zero-order valence-electron chi connectivity index (χ0n) is 13.5. The van der Waals surface area contributed by atoms with Gasteiger partial charge in [-0.15, -0.1) is 0 Å². The second-order valence-corrected chi connectivity index (χ2v) is 6.12. The van der Waals surface area contributed by atoms with Crippen LogP contribution in [0.1, 0.15) is 27.8 Å². The summed E-state index contributed by atoms with van der Waals surface area (Å²) in [7, 11) is 1.94. The average molecular weight is 344 g/mol. The lowest BCUT2D eigenvalue weighted by Gasteiger charge is -2.17. The Labute approximate surface area is 144 Å². The van der Waals surface area contributed by atoms with Crippen molar-refractivity contribution >= 4 is 28.5 Å². The maximum absolute atomic E-state index is 12.5. The Balaban J connectivity index is 1.84. The van der Waals surface area contributed by atoms with Gasteiger partial charge in [-0.3, -0.25) is 4.79 Å². The van der Waals surface area contributed by atoms with Crippen LogP contribution in [0.15, 0.2) is 42.5 Å². The Kier molecular flexibility index (Phi) is 4.55. The smallest absolute Gasteiger partial charge is 0.251 e. The number of hydrogen-bond donors (Lipinski definition) is 2. The fourth-order valence-electron chi connectivity index (χ4n) is 2.63. The molecule has 2 aromatic carbocycles. The number of benzene rings is 2. The van der Waals surface area contributed by atoms with E-state index in [2.05, 4.69) is 10.3 Å². The van der Waals surface area contributed by atoms with Crippen LogP contribution in [0.3, 0.4) is 0 Å². The Bertz CT molecular complexity index is 887. The minimum Gasteiger partial charge on any atom is -0.394 e. The van der Waals surface area contributed by atoms with Crippen LogP contribution >= 0.6 is 11.6 Å². The van der Waals surface area contributed by atoms with Gasteiger partial charge in [-0.05, 0) is 42.8 Å². The van der Waals surface area contributed by atoms with Crippen LogP contribution in [0.25, 0.3) is 11.0 Å². The van der Waals surface area contributed by atoms with E-state index >= 15 is 0 Å². The molecule has 0 aliphatic heterocycles. The summed E-state index contributed by atoms with van der Waals surface area (Å²) in [6, 6.07) is 11.9. The second kappa shape index (κ2) is 6.63. The zero-order valence-corrected chi connectivity index (χ0v) is 14.2. The highest BCUT2D eigenvalue weighted by Crippen LogP contribution is 2.19. The highest BCUT2D eigenvalue weighted by molar-refractivity contribution is 6.30. The number of hydrogen-bond acceptors (Lipinski definition) is 3. The van der Waals surface area contributed by atoms with Crippen LogP contribution in [0.2, 0.25) is 5.02 Å². The third kappa shape index (κ3) is 3.13. The van der Waals surface area contributed by atoms with Crippen molar-refractivity contribution in [2.24, 2.45) is 7.05 Å². The van der Waals surface area contributed by atoms with Gasteiger partial charge < -0.3 is 15.0 Å². The molecule has 6 heteroatoms. The third-order valence-corrected chi connectivity index (χ3v) is 4.38. The van der Waals surface area contributed by atoms with Crippen LogP contribution < -0.4 is 5.32 Å². The molecule has 1 amide bonds. The summed E-state index contributed by atoms with van der Waals surface area (Å²) in [6.45, 7) is 1.72. The van der Waals surface area contributed by atoms with Crippen molar-refractivity contribution in [3.63, 3.8) is 0 Å². The van der Waals surface area contributed by atoms with E-state index in [0.29, 0.717) is 10.6 Å². The van der Waals surface area contributed by atoms with Crippen LogP contribution in [0.5, 0.6) is 0 Å². The van der Waals surface area contributed by atoms with Crippen molar-refractivity contribution in [1.82, 2.24) is 14.9 Å². The van der Waals surface area contributed by atoms with E-state index in [0.717, 1.165) is 22.4 Å². The van der Waals surface area contributed by atoms with Gasteiger partial charge in [0.1, 0.15) is 5.82 Å². The Morgan fingerprint density at radius 2 is 2.00 bits per heavy atom. The Morgan fingerprint density at radius 3 is 2.67 bits per heavy atom. The molecule has 2 N–H and O–H groups in total. The van der Waals surface area contributed by atoms with Gasteiger partial charge >= 0.3 is 0 Å². The first kappa shape index (κ1) is 16.5. The van der Waals surface area contributed by atoms with Crippen molar-refractivity contribution in [3.8, 4) is 0 Å². The molecule has 0 bridgehead atoms. The summed E-state index contributed by atoms with van der Waals surface area (Å²) in [5.41, 5.74) is 3.05. The van der Waals surface area contributed by atoms with E-state index in [1.165, 1.54) is 0 Å². The Hall–Kier alpha value is -2.37. The fourth-order valence-corrected chi connectivity index (χ4v) is 2.76. The second-order valence-electron chi connectivity index (χ2n) is 5.68. The summed E-state index contributed by atoms with van der Waals surface area (Å²) in [4.78, 5) is 16.9. The highest BCUT2D eigenvalue weighted by Gasteiger charge is 2.16. The molecule has 1 aromatic heterocycles. The quantitative estimate of drug-likeness (QED) is 0.765. The van der Waals surface area contributed by atoms with Gasteiger partial charge in [-0.2, -0.15) is 0 Å². The number of aliphatic hydroxyl groups is 1. The summed E-state index contributed by atoms with van der Waals surface area (Å²) in [6.07, 6.45) is 0. The van der Waals surface area contributed by atoms with E-state index in [4.69, 9.17) is 11.6 Å². The summed E-state index contributed by atoms with van der Waals surface area (Å²) < 4.78 is 1.97. The first-order valence-corrected chi connectivity index (χ1v) is 7.97. The van der Waals surface area contributed by atoms with Crippen molar-refractivity contribution < 1.29 is 9.90 Å². The topological polar surface area (TPSA) is 67.2 Å². The zero-order chi connectivity index (χ0) is 17.3. The van der Waals surface area contributed by atoms with Crippen LogP contribution in [0, 0.1) is 6.92 Å². The van der Waals surface area contributed by atoms with Crippen molar-refractivity contribution in [1.29, 1.82) is 0 Å². The van der Waals surface area contributed by atoms with Gasteiger partial charge in [-0.25, -0.2) is 4.98 Å². The minimum atomic E-state index is -0.490. The fraction of sp³-hybridized carbons (Fsp3) is 0.222. The lowest BCUT2D eigenvalue weighted by molar-refractivity contribution is 0.0916. The number of aryl methyl sites for hydroxylation is 2. The molecular formula is C18H18ClN3O2. The predicted octanol–water partition coefficient (Wildman–Crippen LogP) is 3.00. The minimum absolute atomic E-state index is 0.196. The van der Waals surface area contributed by atoms with Crippen molar-refractivity contribution in [2.45, 2.75) is 13.0 Å². The number of amides is 1. The third-order valence-electron chi connectivity index (χ3n) is 4.13. The molecule has 1 heterocycles. The molecule has 0 aliphatic rings. The number of rotatable bonds is 4. The van der Waals surface area contributed by atoms with Gasteiger partial charge in [0.05, 0.1) is 23.7 Å². The first-order valence-electron chi connectivity index (χ1n) is 7.60. The number of halogens is 1. The normalized spacial score (nSPS) is 12.3. The summed E-state index contributed by atoms with van der Waals surface area (Å²) >= 11 is 5.87. The number of aliphatic hydroxyl groups excluding tert-OH is 1. The van der Waals surface area contributed by atoms with Gasteiger partial charge in [0.2, 0.25) is 0 Å². The molecule has 0 spiro atoms. The molecule has 0 aliphatic carbocycles. The lowest BCUT2D eigenvalue weighted by Crippen LogP contribution is -2.30. The average Bonchev–Trinajstić information content (AvgIpc) is 2.87. The van der Waals surface area contributed by atoms with E-state index in [9.17, 15) is 9.90 Å². The predicted molar refractivity (Wildman–Crippen MR) is 94.2 cm³/mol. The largest absolute Gasteiger partial charge is 0.394 e. The van der Waals surface area contributed by atoms with E-state index in [1.54, 1.807) is 36.4 Å². The number of nitrogens with one attached hydrogen (secondary N) is 1.